The summed E-state index contributed by atoms with van der Waals surface area (Å²) in [6.07, 6.45) is -7.66. The number of hydrogen-bond acceptors (Lipinski definition) is 5. The molecule has 0 aromatic heterocycles. The second kappa shape index (κ2) is 6.93. The van der Waals surface area contributed by atoms with E-state index >= 15 is 0 Å². The van der Waals surface area contributed by atoms with Crippen LogP contribution < -0.4 is 10.9 Å². The first-order valence-corrected chi connectivity index (χ1v) is 7.99. The molecule has 2 heterocycles. The highest BCUT2D eigenvalue weighted by molar-refractivity contribution is 5.93. The van der Waals surface area contributed by atoms with E-state index in [-0.39, 0.29) is 11.6 Å². The lowest BCUT2D eigenvalue weighted by atomic mass is 9.93. The van der Waals surface area contributed by atoms with Crippen molar-refractivity contribution in [3.63, 3.8) is 0 Å². The fourth-order valence-electron chi connectivity index (χ4n) is 3.10. The number of carbonyl (C=O) groups is 1. The van der Waals surface area contributed by atoms with Crippen molar-refractivity contribution in [2.75, 3.05) is 6.54 Å². The van der Waals surface area contributed by atoms with Crippen LogP contribution in [-0.4, -0.2) is 46.9 Å². The van der Waals surface area contributed by atoms with Gasteiger partial charge in [0, 0.05) is 13.0 Å². The summed E-state index contributed by atoms with van der Waals surface area (Å²) in [6, 6.07) is 6.63. The van der Waals surface area contributed by atoms with Crippen LogP contribution in [0.2, 0.25) is 0 Å². The number of nitrogens with zero attached hydrogens (tertiary/aromatic N) is 2. The number of benzene rings is 1. The van der Waals surface area contributed by atoms with Crippen molar-refractivity contribution in [2.45, 2.75) is 38.0 Å². The minimum absolute atomic E-state index is 0.0761. The van der Waals surface area contributed by atoms with E-state index in [9.17, 15) is 27.5 Å². The molecule has 10 heteroatoms. The first kappa shape index (κ1) is 18.7. The van der Waals surface area contributed by atoms with Crippen LogP contribution in [0.4, 0.5) is 17.6 Å². The number of alkyl halides is 4. The van der Waals surface area contributed by atoms with E-state index < -0.39 is 48.6 Å². The minimum Gasteiger partial charge on any atom is -0.364 e. The van der Waals surface area contributed by atoms with Gasteiger partial charge in [-0.25, -0.2) is 23.0 Å². The van der Waals surface area contributed by atoms with Gasteiger partial charge in [0.2, 0.25) is 5.72 Å². The zero-order valence-corrected chi connectivity index (χ0v) is 13.8. The molecule has 26 heavy (non-hydrogen) atoms. The fourth-order valence-corrected chi connectivity index (χ4v) is 3.10. The van der Waals surface area contributed by atoms with Crippen molar-refractivity contribution in [3.8, 4) is 0 Å². The third-order valence-electron chi connectivity index (χ3n) is 4.58. The van der Waals surface area contributed by atoms with E-state index in [2.05, 4.69) is 16.0 Å². The van der Waals surface area contributed by atoms with Gasteiger partial charge in [0.1, 0.15) is 5.71 Å². The second-order valence-electron chi connectivity index (χ2n) is 6.42. The molecule has 3 unspecified atom stereocenters. The molecule has 3 atom stereocenters. The highest BCUT2D eigenvalue weighted by Gasteiger charge is 2.55. The summed E-state index contributed by atoms with van der Waals surface area (Å²) < 4.78 is 52.4. The highest BCUT2D eigenvalue weighted by atomic mass is 19.3. The zero-order chi connectivity index (χ0) is 19.1. The number of hydrogen-bond donors (Lipinski definition) is 3. The first-order valence-electron chi connectivity index (χ1n) is 7.99. The lowest BCUT2D eigenvalue weighted by Gasteiger charge is -2.32. The maximum atomic E-state index is 13.3. The summed E-state index contributed by atoms with van der Waals surface area (Å²) in [4.78, 5) is 12.8. The third kappa shape index (κ3) is 3.19. The Morgan fingerprint density at radius 3 is 2.54 bits per heavy atom. The molecule has 142 valence electrons. The highest BCUT2D eigenvalue weighted by Crippen LogP contribution is 2.36. The van der Waals surface area contributed by atoms with E-state index in [1.165, 1.54) is 0 Å². The third-order valence-corrected chi connectivity index (χ3v) is 4.58. The summed E-state index contributed by atoms with van der Waals surface area (Å²) in [6.45, 7) is 1.97. The van der Waals surface area contributed by atoms with Crippen LogP contribution in [0, 0.1) is 12.8 Å². The van der Waals surface area contributed by atoms with Gasteiger partial charge in [0.15, 0.2) is 0 Å². The average Bonchev–Trinajstić information content (AvgIpc) is 3.20. The summed E-state index contributed by atoms with van der Waals surface area (Å²) in [5, 5.41) is 13.6. The molecule has 0 radical (unpaired) electrons. The maximum Gasteiger partial charge on any atom is 0.287 e. The molecule has 2 aliphatic heterocycles. The Morgan fingerprint density at radius 1 is 1.31 bits per heavy atom. The van der Waals surface area contributed by atoms with Gasteiger partial charge in [-0.05, 0) is 12.5 Å². The summed E-state index contributed by atoms with van der Waals surface area (Å²) >= 11 is 0. The summed E-state index contributed by atoms with van der Waals surface area (Å²) in [5.41, 5.74) is 3.36. The van der Waals surface area contributed by atoms with E-state index in [1.54, 1.807) is 12.1 Å². The molecule has 1 aromatic rings. The van der Waals surface area contributed by atoms with Crippen molar-refractivity contribution >= 4 is 11.6 Å². The van der Waals surface area contributed by atoms with Gasteiger partial charge in [-0.15, -0.1) is 0 Å². The lowest BCUT2D eigenvalue weighted by molar-refractivity contribution is -0.195. The van der Waals surface area contributed by atoms with Gasteiger partial charge >= 0.3 is 0 Å². The van der Waals surface area contributed by atoms with Crippen LogP contribution in [0.3, 0.4) is 0 Å². The normalized spacial score (nSPS) is 28.9. The molecule has 1 amide bonds. The second-order valence-corrected chi connectivity index (χ2v) is 6.42. The van der Waals surface area contributed by atoms with Gasteiger partial charge in [0.05, 0.1) is 12.0 Å². The molecule has 1 saturated heterocycles. The van der Waals surface area contributed by atoms with Crippen LogP contribution in [0.15, 0.2) is 29.4 Å². The topological polar surface area (TPSA) is 77.0 Å². The molecule has 2 aliphatic rings. The predicted octanol–water partition coefficient (Wildman–Crippen LogP) is 1.57. The smallest absolute Gasteiger partial charge is 0.287 e. The van der Waals surface area contributed by atoms with Gasteiger partial charge in [-0.3, -0.25) is 10.2 Å². The van der Waals surface area contributed by atoms with E-state index in [0.717, 1.165) is 11.1 Å². The Labute approximate surface area is 146 Å². The molecule has 0 saturated carbocycles. The van der Waals surface area contributed by atoms with E-state index in [0.29, 0.717) is 0 Å². The fraction of sp³-hybridized carbons (Fsp3) is 0.500. The number of carbonyl (C=O) groups excluding carboxylic acids is 1. The predicted molar refractivity (Wildman–Crippen MR) is 84.4 cm³/mol. The van der Waals surface area contributed by atoms with Crippen molar-refractivity contribution in [1.29, 1.82) is 0 Å². The summed E-state index contributed by atoms with van der Waals surface area (Å²) in [5.74, 6) is -1.85. The number of amides is 1. The number of halogens is 4. The molecule has 6 nitrogen and oxygen atoms in total. The van der Waals surface area contributed by atoms with Crippen LogP contribution >= 0.6 is 0 Å². The van der Waals surface area contributed by atoms with Gasteiger partial charge < -0.3 is 5.11 Å². The number of hydrazone groups is 1. The maximum absolute atomic E-state index is 13.3. The average molecular weight is 374 g/mol. The van der Waals surface area contributed by atoms with Gasteiger partial charge in [0.25, 0.3) is 18.8 Å². The molecule has 1 aromatic carbocycles. The molecular formula is C16H18F4N4O2. The number of hydrazine groups is 1. The molecule has 3 rings (SSSR count). The Balaban J connectivity index is 1.89. The molecule has 0 bridgehead atoms. The van der Waals surface area contributed by atoms with Crippen molar-refractivity contribution < 1.29 is 27.5 Å². The van der Waals surface area contributed by atoms with Crippen molar-refractivity contribution in [1.82, 2.24) is 15.9 Å². The number of aliphatic hydroxyl groups is 1. The molecule has 3 N–H and O–H groups in total. The van der Waals surface area contributed by atoms with Crippen LogP contribution in [0.1, 0.15) is 23.6 Å². The van der Waals surface area contributed by atoms with Crippen LogP contribution in [-0.2, 0) is 4.79 Å². The summed E-state index contributed by atoms with van der Waals surface area (Å²) in [7, 11) is 0. The van der Waals surface area contributed by atoms with Gasteiger partial charge in [-0.1, -0.05) is 29.8 Å². The van der Waals surface area contributed by atoms with Crippen molar-refractivity contribution in [3.05, 3.63) is 35.4 Å². The Kier molecular flexibility index (Phi) is 5.00. The first-order chi connectivity index (χ1) is 12.2. The van der Waals surface area contributed by atoms with E-state index in [4.69, 9.17) is 0 Å². The lowest BCUT2D eigenvalue weighted by Crippen LogP contribution is -2.54. The number of rotatable bonds is 4. The molecule has 0 spiro atoms. The zero-order valence-electron chi connectivity index (χ0n) is 13.8. The number of nitrogens with one attached hydrogen (secondary N) is 2. The Bertz CT molecular complexity index is 713. The largest absolute Gasteiger partial charge is 0.364 e. The minimum atomic E-state index is -3.44. The standard InChI is InChI=1S/C16H18F4N4O2/c1-8-2-4-9(5-3-8)12-10(7-21-22-12)14(25)24-16(26,15(19)20)6-11(23-24)13(17)18/h2-5,10,12-13,15,21-22,26H,6-7H2,1H3. The van der Waals surface area contributed by atoms with Crippen LogP contribution in [0.25, 0.3) is 0 Å². The Hall–Kier alpha value is -2.04. The van der Waals surface area contributed by atoms with Gasteiger partial charge in [-0.2, -0.15) is 10.1 Å². The molecular weight excluding hydrogens is 356 g/mol. The van der Waals surface area contributed by atoms with E-state index in [1.807, 2.05) is 19.1 Å². The monoisotopic (exact) mass is 374 g/mol. The van der Waals surface area contributed by atoms with Crippen molar-refractivity contribution in [2.24, 2.45) is 11.0 Å². The molecule has 0 aliphatic carbocycles. The Morgan fingerprint density at radius 2 is 1.96 bits per heavy atom. The quantitative estimate of drug-likeness (QED) is 0.700. The number of aryl methyl sites for hydroxylation is 1. The molecule has 1 fully saturated rings. The SMILES string of the molecule is Cc1ccc(C2NNCC2C(=O)N2N=C(C(F)F)CC2(O)C(F)F)cc1. The van der Waals surface area contributed by atoms with Crippen LogP contribution in [0.5, 0.6) is 0 Å².